The summed E-state index contributed by atoms with van der Waals surface area (Å²) in [4.78, 5) is 26.6. The van der Waals surface area contributed by atoms with Gasteiger partial charge in [-0.15, -0.1) is 11.8 Å². The van der Waals surface area contributed by atoms with Crippen LogP contribution in [0.1, 0.15) is 31.2 Å². The van der Waals surface area contributed by atoms with Crippen molar-refractivity contribution in [3.8, 4) is 0 Å². The number of hydrogen-bond donors (Lipinski definition) is 2. The summed E-state index contributed by atoms with van der Waals surface area (Å²) in [6.45, 7) is 4.28. The molecule has 2 heterocycles. The molecule has 0 radical (unpaired) electrons. The summed E-state index contributed by atoms with van der Waals surface area (Å²) >= 11 is 1.37. The number of piperidine rings is 1. The Morgan fingerprint density at radius 2 is 1.84 bits per heavy atom. The topological polar surface area (TPSA) is 61.4 Å². The molecule has 1 aromatic carbocycles. The van der Waals surface area contributed by atoms with E-state index in [0.29, 0.717) is 17.5 Å². The van der Waals surface area contributed by atoms with Gasteiger partial charge in [0.05, 0.1) is 11.5 Å². The van der Waals surface area contributed by atoms with E-state index in [1.165, 1.54) is 37.6 Å². The largest absolute Gasteiger partial charge is 0.351 e. The first-order valence-electron chi connectivity index (χ1n) is 9.09. The van der Waals surface area contributed by atoms with Crippen LogP contribution in [0.15, 0.2) is 24.3 Å². The zero-order valence-electron chi connectivity index (χ0n) is 14.8. The van der Waals surface area contributed by atoms with Gasteiger partial charge in [0.15, 0.2) is 0 Å². The van der Waals surface area contributed by atoms with Crippen LogP contribution in [0, 0.1) is 6.92 Å². The van der Waals surface area contributed by atoms with Crippen LogP contribution in [0.5, 0.6) is 0 Å². The molecule has 0 saturated carbocycles. The number of amides is 2. The molecule has 25 heavy (non-hydrogen) atoms. The Kier molecular flexibility index (Phi) is 6.37. The lowest BCUT2D eigenvalue weighted by Gasteiger charge is -2.32. The van der Waals surface area contributed by atoms with Gasteiger partial charge in [0.2, 0.25) is 11.8 Å². The van der Waals surface area contributed by atoms with Crippen LogP contribution >= 0.6 is 11.8 Å². The van der Waals surface area contributed by atoms with Crippen molar-refractivity contribution in [3.05, 3.63) is 29.8 Å². The van der Waals surface area contributed by atoms with Crippen LogP contribution in [0.3, 0.4) is 0 Å². The van der Waals surface area contributed by atoms with Gasteiger partial charge < -0.3 is 10.6 Å². The number of anilines is 1. The van der Waals surface area contributed by atoms with Gasteiger partial charge in [-0.05, 0) is 44.9 Å². The molecule has 5 nitrogen and oxygen atoms in total. The van der Waals surface area contributed by atoms with Crippen molar-refractivity contribution in [2.45, 2.75) is 44.7 Å². The predicted molar refractivity (Wildman–Crippen MR) is 103 cm³/mol. The minimum absolute atomic E-state index is 0.0468. The summed E-state index contributed by atoms with van der Waals surface area (Å²) in [5, 5.41) is 6.03. The maximum Gasteiger partial charge on any atom is 0.234 e. The van der Waals surface area contributed by atoms with E-state index in [1.54, 1.807) is 0 Å². The molecule has 0 unspecified atom stereocenters. The Hall–Kier alpha value is -1.53. The third kappa shape index (κ3) is 5.22. The Morgan fingerprint density at radius 1 is 1.08 bits per heavy atom. The normalized spacial score (nSPS) is 23.1. The number of nitrogens with one attached hydrogen (secondary N) is 2. The number of rotatable bonds is 6. The molecule has 2 atom stereocenters. The lowest BCUT2D eigenvalue weighted by Crippen LogP contribution is -2.47. The average molecular weight is 362 g/mol. The summed E-state index contributed by atoms with van der Waals surface area (Å²) in [5.41, 5.74) is 1.96. The minimum Gasteiger partial charge on any atom is -0.351 e. The molecule has 0 aromatic heterocycles. The summed E-state index contributed by atoms with van der Waals surface area (Å²) in [6.07, 6.45) is 4.79. The van der Waals surface area contributed by atoms with Crippen LogP contribution in [-0.4, -0.2) is 53.4 Å². The molecule has 2 N–H and O–H groups in total. The first-order chi connectivity index (χ1) is 12.1. The summed E-state index contributed by atoms with van der Waals surface area (Å²) in [6, 6.07) is 8.52. The molecule has 3 rings (SSSR count). The van der Waals surface area contributed by atoms with E-state index in [2.05, 4.69) is 15.5 Å². The summed E-state index contributed by atoms with van der Waals surface area (Å²) in [5.74, 6) is 0.609. The highest BCUT2D eigenvalue weighted by molar-refractivity contribution is 8.00. The Morgan fingerprint density at radius 3 is 2.64 bits per heavy atom. The number of thioether (sulfide) groups is 1. The van der Waals surface area contributed by atoms with E-state index in [9.17, 15) is 9.59 Å². The molecule has 2 aliphatic heterocycles. The fourth-order valence-corrected chi connectivity index (χ4v) is 4.36. The van der Waals surface area contributed by atoms with Crippen LogP contribution < -0.4 is 10.6 Å². The third-order valence-electron chi connectivity index (χ3n) is 5.00. The highest BCUT2D eigenvalue weighted by Gasteiger charge is 2.36. The number of carbonyl (C=O) groups is 2. The van der Waals surface area contributed by atoms with E-state index >= 15 is 0 Å². The third-order valence-corrected chi connectivity index (χ3v) is 5.94. The van der Waals surface area contributed by atoms with Crippen LogP contribution in [0.2, 0.25) is 0 Å². The molecule has 2 amide bonds. The molecule has 1 aromatic rings. The van der Waals surface area contributed by atoms with Crippen LogP contribution in [0.4, 0.5) is 5.69 Å². The maximum absolute atomic E-state index is 12.2. The number of aryl methyl sites for hydroxylation is 1. The second kappa shape index (κ2) is 8.72. The average Bonchev–Trinajstić information content (AvgIpc) is 3.00. The lowest BCUT2D eigenvalue weighted by atomic mass is 9.99. The number of carbonyl (C=O) groups excluding carboxylic acids is 2. The highest BCUT2D eigenvalue weighted by Crippen LogP contribution is 2.27. The Labute approximate surface area is 153 Å². The van der Waals surface area contributed by atoms with Gasteiger partial charge in [-0.3, -0.25) is 14.5 Å². The molecule has 0 aliphatic carbocycles. The molecule has 2 aliphatic rings. The maximum atomic E-state index is 12.2. The first kappa shape index (κ1) is 18.3. The zero-order chi connectivity index (χ0) is 17.6. The molecular weight excluding hydrogens is 334 g/mol. The summed E-state index contributed by atoms with van der Waals surface area (Å²) in [7, 11) is 0. The first-order valence-corrected chi connectivity index (χ1v) is 10.2. The molecule has 2 fully saturated rings. The van der Waals surface area contributed by atoms with Crippen molar-refractivity contribution >= 4 is 29.3 Å². The van der Waals surface area contributed by atoms with Crippen LogP contribution in [0.25, 0.3) is 0 Å². The second-order valence-corrected chi connectivity index (χ2v) is 7.95. The quantitative estimate of drug-likeness (QED) is 0.817. The number of benzene rings is 1. The second-order valence-electron chi connectivity index (χ2n) is 6.97. The van der Waals surface area contributed by atoms with Crippen molar-refractivity contribution in [3.63, 3.8) is 0 Å². The lowest BCUT2D eigenvalue weighted by molar-refractivity contribution is -0.119. The molecule has 136 valence electrons. The summed E-state index contributed by atoms with van der Waals surface area (Å²) < 4.78 is 0. The van der Waals surface area contributed by atoms with Gasteiger partial charge in [-0.1, -0.05) is 24.1 Å². The molecule has 6 heteroatoms. The minimum atomic E-state index is -0.0685. The van der Waals surface area contributed by atoms with E-state index < -0.39 is 0 Å². The molecule has 0 bridgehead atoms. The zero-order valence-corrected chi connectivity index (χ0v) is 15.6. The standard InChI is InChI=1S/C19H27N3O2S/c1-14-5-7-15(8-6-14)20-18(23)12-25-13-19(24)21-16-9-11-22-10-3-2-4-17(16)22/h5-8,16-17H,2-4,9-13H2,1H3,(H,20,23)(H,21,24)/t16-,17-/m1/s1. The van der Waals surface area contributed by atoms with Crippen LogP contribution in [-0.2, 0) is 9.59 Å². The smallest absolute Gasteiger partial charge is 0.234 e. The Bertz CT molecular complexity index is 605. The highest BCUT2D eigenvalue weighted by atomic mass is 32.2. The van der Waals surface area contributed by atoms with Gasteiger partial charge in [0.1, 0.15) is 0 Å². The van der Waals surface area contributed by atoms with Gasteiger partial charge >= 0.3 is 0 Å². The molecular formula is C19H27N3O2S. The molecule has 0 spiro atoms. The Balaban J connectivity index is 1.35. The van der Waals surface area contributed by atoms with Gasteiger partial charge in [0, 0.05) is 24.3 Å². The fourth-order valence-electron chi connectivity index (χ4n) is 3.73. The number of nitrogens with zero attached hydrogens (tertiary/aromatic N) is 1. The predicted octanol–water partition coefficient (Wildman–Crippen LogP) is 2.41. The molecule has 2 saturated heterocycles. The SMILES string of the molecule is Cc1ccc(NC(=O)CSCC(=O)N[C@@H]2CCN3CCCC[C@H]23)cc1. The van der Waals surface area contributed by atoms with E-state index in [-0.39, 0.29) is 17.9 Å². The van der Waals surface area contributed by atoms with Gasteiger partial charge in [-0.25, -0.2) is 0 Å². The van der Waals surface area contributed by atoms with Crippen molar-refractivity contribution in [1.82, 2.24) is 10.2 Å². The van der Waals surface area contributed by atoms with Gasteiger partial charge in [0.25, 0.3) is 0 Å². The number of hydrogen-bond acceptors (Lipinski definition) is 4. The van der Waals surface area contributed by atoms with Gasteiger partial charge in [-0.2, -0.15) is 0 Å². The van der Waals surface area contributed by atoms with E-state index in [1.807, 2.05) is 31.2 Å². The number of fused-ring (bicyclic) bond motifs is 1. The monoisotopic (exact) mass is 361 g/mol. The van der Waals surface area contributed by atoms with Crippen molar-refractivity contribution < 1.29 is 9.59 Å². The van der Waals surface area contributed by atoms with Crippen molar-refractivity contribution in [1.29, 1.82) is 0 Å². The van der Waals surface area contributed by atoms with E-state index in [0.717, 1.165) is 24.2 Å². The van der Waals surface area contributed by atoms with Crippen molar-refractivity contribution in [2.24, 2.45) is 0 Å². The van der Waals surface area contributed by atoms with Crippen molar-refractivity contribution in [2.75, 3.05) is 29.9 Å². The fraction of sp³-hybridized carbons (Fsp3) is 0.579. The van der Waals surface area contributed by atoms with E-state index in [4.69, 9.17) is 0 Å².